The zero-order valence-electron chi connectivity index (χ0n) is 10.9. The van der Waals surface area contributed by atoms with E-state index in [0.29, 0.717) is 52.2 Å². The van der Waals surface area contributed by atoms with Gasteiger partial charge in [-0.05, 0) is 19.8 Å². The number of carbonyl (C=O) groups excluding carboxylic acids is 1. The smallest absolute Gasteiger partial charge is 0.306 e. The van der Waals surface area contributed by atoms with Gasteiger partial charge in [-0.3, -0.25) is 9.59 Å². The van der Waals surface area contributed by atoms with E-state index in [9.17, 15) is 9.59 Å². The van der Waals surface area contributed by atoms with Crippen LogP contribution in [0.5, 0.6) is 0 Å². The second kappa shape index (κ2) is 8.05. The minimum absolute atomic E-state index is 0.0373. The summed E-state index contributed by atoms with van der Waals surface area (Å²) in [6.07, 6.45) is 1.11. The highest BCUT2D eigenvalue weighted by molar-refractivity contribution is 5.78. The summed E-state index contributed by atoms with van der Waals surface area (Å²) in [4.78, 5) is 24.3. The molecule has 1 aliphatic heterocycles. The van der Waals surface area contributed by atoms with E-state index in [1.54, 1.807) is 4.90 Å². The van der Waals surface area contributed by atoms with E-state index < -0.39 is 5.97 Å². The summed E-state index contributed by atoms with van der Waals surface area (Å²) in [5.41, 5.74) is 0. The van der Waals surface area contributed by atoms with Crippen molar-refractivity contribution in [2.75, 3.05) is 39.4 Å². The zero-order chi connectivity index (χ0) is 13.4. The summed E-state index contributed by atoms with van der Waals surface area (Å²) in [7, 11) is 0. The number of aliphatic carboxylic acids is 1. The third-order valence-corrected chi connectivity index (χ3v) is 3.10. The van der Waals surface area contributed by atoms with E-state index in [1.165, 1.54) is 0 Å². The molecule has 0 radical (unpaired) electrons. The third kappa shape index (κ3) is 5.01. The Hall–Kier alpha value is -1.14. The maximum atomic E-state index is 11.8. The molecule has 0 atom stereocenters. The molecular weight excluding hydrogens is 236 g/mol. The molecule has 1 saturated heterocycles. The van der Waals surface area contributed by atoms with Gasteiger partial charge >= 0.3 is 5.97 Å². The number of nitrogens with zero attached hydrogens (tertiary/aromatic N) is 1. The highest BCUT2D eigenvalue weighted by atomic mass is 16.5. The molecule has 0 aromatic carbocycles. The van der Waals surface area contributed by atoms with Crippen LogP contribution in [0.2, 0.25) is 0 Å². The number of carbonyl (C=O) groups is 2. The average Bonchev–Trinajstić information content (AvgIpc) is 2.38. The number of piperidine rings is 1. The molecule has 0 aliphatic carbocycles. The number of rotatable bonds is 7. The summed E-state index contributed by atoms with van der Waals surface area (Å²) < 4.78 is 5.15. The van der Waals surface area contributed by atoms with Crippen molar-refractivity contribution in [3.05, 3.63) is 0 Å². The molecule has 1 heterocycles. The van der Waals surface area contributed by atoms with Gasteiger partial charge < -0.3 is 20.1 Å². The fourth-order valence-electron chi connectivity index (χ4n) is 1.97. The van der Waals surface area contributed by atoms with E-state index in [-0.39, 0.29) is 11.8 Å². The highest BCUT2D eigenvalue weighted by Gasteiger charge is 2.26. The minimum Gasteiger partial charge on any atom is -0.481 e. The van der Waals surface area contributed by atoms with Crippen molar-refractivity contribution in [3.63, 3.8) is 0 Å². The number of carboxylic acids is 1. The fraction of sp³-hybridized carbons (Fsp3) is 0.833. The van der Waals surface area contributed by atoms with Crippen molar-refractivity contribution in [2.24, 2.45) is 5.92 Å². The molecule has 1 aliphatic rings. The van der Waals surface area contributed by atoms with Crippen molar-refractivity contribution in [2.45, 2.75) is 19.8 Å². The molecule has 18 heavy (non-hydrogen) atoms. The van der Waals surface area contributed by atoms with Gasteiger partial charge in [-0.15, -0.1) is 0 Å². The largest absolute Gasteiger partial charge is 0.481 e. The van der Waals surface area contributed by atoms with Crippen LogP contribution in [0.4, 0.5) is 0 Å². The van der Waals surface area contributed by atoms with Gasteiger partial charge in [0.25, 0.3) is 0 Å². The number of carboxylic acid groups (broad SMARTS) is 1. The van der Waals surface area contributed by atoms with Crippen LogP contribution in [0.1, 0.15) is 19.8 Å². The van der Waals surface area contributed by atoms with Crippen LogP contribution in [0.25, 0.3) is 0 Å². The van der Waals surface area contributed by atoms with Crippen molar-refractivity contribution in [1.29, 1.82) is 0 Å². The lowest BCUT2D eigenvalue weighted by Crippen LogP contribution is -2.44. The summed E-state index contributed by atoms with van der Waals surface area (Å²) in [5.74, 6) is -1.01. The van der Waals surface area contributed by atoms with Crippen molar-refractivity contribution in [1.82, 2.24) is 10.2 Å². The Balaban J connectivity index is 2.14. The molecule has 0 bridgehead atoms. The number of ether oxygens (including phenoxy) is 1. The molecule has 6 nitrogen and oxygen atoms in total. The number of likely N-dealkylation sites (tertiary alicyclic amines) is 1. The van der Waals surface area contributed by atoms with E-state index >= 15 is 0 Å². The van der Waals surface area contributed by atoms with Gasteiger partial charge in [0.2, 0.25) is 5.91 Å². The normalized spacial score (nSPS) is 16.8. The molecule has 0 aromatic rings. The first-order valence-corrected chi connectivity index (χ1v) is 6.44. The van der Waals surface area contributed by atoms with Crippen LogP contribution in [0, 0.1) is 5.92 Å². The Labute approximate surface area is 107 Å². The van der Waals surface area contributed by atoms with Crippen LogP contribution in [-0.2, 0) is 14.3 Å². The number of hydrogen-bond donors (Lipinski definition) is 2. The van der Waals surface area contributed by atoms with Crippen LogP contribution in [0.3, 0.4) is 0 Å². The van der Waals surface area contributed by atoms with E-state index in [0.717, 1.165) is 0 Å². The van der Waals surface area contributed by atoms with Gasteiger partial charge in [-0.1, -0.05) is 0 Å². The lowest BCUT2D eigenvalue weighted by molar-refractivity contribution is -0.145. The van der Waals surface area contributed by atoms with Crippen LogP contribution >= 0.6 is 0 Å². The molecule has 0 unspecified atom stereocenters. The van der Waals surface area contributed by atoms with Gasteiger partial charge in [0.1, 0.15) is 0 Å². The van der Waals surface area contributed by atoms with E-state index in [2.05, 4.69) is 5.32 Å². The first-order chi connectivity index (χ1) is 8.65. The van der Waals surface area contributed by atoms with Gasteiger partial charge in [-0.25, -0.2) is 0 Å². The Morgan fingerprint density at radius 3 is 2.61 bits per heavy atom. The lowest BCUT2D eigenvalue weighted by atomic mass is 9.97. The molecule has 1 fully saturated rings. The predicted octanol–water partition coefficient (Wildman–Crippen LogP) is -0.0643. The topological polar surface area (TPSA) is 78.9 Å². The molecule has 2 N–H and O–H groups in total. The van der Waals surface area contributed by atoms with Crippen LogP contribution in [0.15, 0.2) is 0 Å². The first-order valence-electron chi connectivity index (χ1n) is 6.44. The first kappa shape index (κ1) is 14.9. The predicted molar refractivity (Wildman–Crippen MR) is 66.3 cm³/mol. The van der Waals surface area contributed by atoms with Gasteiger partial charge in [0.15, 0.2) is 0 Å². The Kier molecular flexibility index (Phi) is 6.67. The Morgan fingerprint density at radius 2 is 2.06 bits per heavy atom. The van der Waals surface area contributed by atoms with Gasteiger partial charge in [-0.2, -0.15) is 0 Å². The standard InChI is InChI=1S/C12H22N2O4/c1-2-18-8-5-13-9-11(15)14-6-3-10(4-7-14)12(16)17/h10,13H,2-9H2,1H3,(H,16,17). The molecular formula is C12H22N2O4. The van der Waals surface area contributed by atoms with E-state index in [4.69, 9.17) is 9.84 Å². The molecule has 1 amide bonds. The summed E-state index contributed by atoms with van der Waals surface area (Å²) in [6.45, 7) is 5.25. The molecule has 0 saturated carbocycles. The number of nitrogens with one attached hydrogen (secondary N) is 1. The van der Waals surface area contributed by atoms with Gasteiger partial charge in [0, 0.05) is 26.2 Å². The summed E-state index contributed by atoms with van der Waals surface area (Å²) >= 11 is 0. The maximum absolute atomic E-state index is 11.8. The second-order valence-corrected chi connectivity index (χ2v) is 4.37. The molecule has 6 heteroatoms. The van der Waals surface area contributed by atoms with Crippen LogP contribution in [-0.4, -0.2) is 61.3 Å². The molecule has 0 aromatic heterocycles. The third-order valence-electron chi connectivity index (χ3n) is 3.10. The van der Waals surface area contributed by atoms with Crippen molar-refractivity contribution >= 4 is 11.9 Å². The second-order valence-electron chi connectivity index (χ2n) is 4.37. The molecule has 104 valence electrons. The maximum Gasteiger partial charge on any atom is 0.306 e. The Morgan fingerprint density at radius 1 is 1.39 bits per heavy atom. The lowest BCUT2D eigenvalue weighted by Gasteiger charge is -2.30. The monoisotopic (exact) mass is 258 g/mol. The quantitative estimate of drug-likeness (QED) is 0.625. The minimum atomic E-state index is -0.753. The summed E-state index contributed by atoms with van der Waals surface area (Å²) in [5, 5.41) is 11.9. The van der Waals surface area contributed by atoms with Gasteiger partial charge in [0.05, 0.1) is 19.1 Å². The summed E-state index contributed by atoms with van der Waals surface area (Å²) in [6, 6.07) is 0. The van der Waals surface area contributed by atoms with Crippen molar-refractivity contribution < 1.29 is 19.4 Å². The van der Waals surface area contributed by atoms with Crippen molar-refractivity contribution in [3.8, 4) is 0 Å². The number of hydrogen-bond acceptors (Lipinski definition) is 4. The Bertz CT molecular complexity index is 275. The molecule has 1 rings (SSSR count). The van der Waals surface area contributed by atoms with Crippen LogP contribution < -0.4 is 5.32 Å². The fourth-order valence-corrected chi connectivity index (χ4v) is 1.97. The zero-order valence-corrected chi connectivity index (χ0v) is 10.9. The number of amides is 1. The SMILES string of the molecule is CCOCCNCC(=O)N1CCC(C(=O)O)CC1. The molecule has 0 spiro atoms. The highest BCUT2D eigenvalue weighted by Crippen LogP contribution is 2.16. The average molecular weight is 258 g/mol. The van der Waals surface area contributed by atoms with E-state index in [1.807, 2.05) is 6.92 Å².